The fraction of sp³-hybridized carbons (Fsp3) is 0. The third-order valence-corrected chi connectivity index (χ3v) is 9.26. The van der Waals surface area contributed by atoms with Crippen molar-refractivity contribution in [3.8, 4) is 22.3 Å². The summed E-state index contributed by atoms with van der Waals surface area (Å²) in [6.07, 6.45) is 0. The van der Waals surface area contributed by atoms with Crippen LogP contribution in [-0.4, -0.2) is 0 Å². The Morgan fingerprint density at radius 2 is 0.841 bits per heavy atom. The number of rotatable bonds is 2. The van der Waals surface area contributed by atoms with E-state index >= 15 is 0 Å². The first-order valence-corrected chi connectivity index (χ1v) is 15.0. The highest BCUT2D eigenvalue weighted by atomic mass is 16.3. The molecule has 2 heterocycles. The monoisotopic (exact) mass is 560 g/mol. The summed E-state index contributed by atoms with van der Waals surface area (Å²) in [4.78, 5) is 0. The Kier molecular flexibility index (Phi) is 4.75. The zero-order valence-corrected chi connectivity index (χ0v) is 23.7. The van der Waals surface area contributed by atoms with Crippen molar-refractivity contribution in [3.63, 3.8) is 0 Å². The smallest absolute Gasteiger partial charge is 0.136 e. The summed E-state index contributed by atoms with van der Waals surface area (Å²) >= 11 is 0. The minimum atomic E-state index is 0.872. The van der Waals surface area contributed by atoms with Crippen LogP contribution in [-0.2, 0) is 0 Å². The molecule has 2 heteroatoms. The first-order chi connectivity index (χ1) is 21.8. The Bertz CT molecular complexity index is 2710. The molecule has 0 radical (unpaired) electrons. The molecule has 10 aromatic rings. The van der Waals surface area contributed by atoms with Crippen LogP contribution in [0, 0.1) is 0 Å². The lowest BCUT2D eigenvalue weighted by atomic mass is 9.84. The van der Waals surface area contributed by atoms with Gasteiger partial charge < -0.3 is 8.83 Å². The standard InChI is InChI=1S/C42H24O2/c1-2-12-27-25(10-1)11-9-18-28(27)40-31-15-5-3-13-29(31)39(30-14-4-6-16-32(30)40)26-20-21-34-38(24-26)44-37-23-22-36-41(42(34)37)33-17-7-8-19-35(33)43-36/h1-24H. The molecule has 2 nitrogen and oxygen atoms in total. The second-order valence-electron chi connectivity index (χ2n) is 11.6. The Labute approximate surface area is 252 Å². The number of para-hydroxylation sites is 1. The van der Waals surface area contributed by atoms with Crippen LogP contribution < -0.4 is 0 Å². The Morgan fingerprint density at radius 3 is 1.55 bits per heavy atom. The molecule has 0 aliphatic carbocycles. The van der Waals surface area contributed by atoms with Crippen molar-refractivity contribution < 1.29 is 8.83 Å². The molecule has 0 aliphatic rings. The summed E-state index contributed by atoms with van der Waals surface area (Å²) in [6.45, 7) is 0. The SMILES string of the molecule is c1ccc2c(-c3c4ccccc4c(-c4ccc5c(c4)oc4ccc6oc7ccccc7c6c45)c4ccccc34)cccc2c1. The van der Waals surface area contributed by atoms with E-state index in [1.54, 1.807) is 0 Å². The van der Waals surface area contributed by atoms with Crippen LogP contribution in [0.3, 0.4) is 0 Å². The zero-order chi connectivity index (χ0) is 28.8. The summed E-state index contributed by atoms with van der Waals surface area (Å²) in [7, 11) is 0. The minimum Gasteiger partial charge on any atom is -0.456 e. The van der Waals surface area contributed by atoms with Crippen molar-refractivity contribution in [2.24, 2.45) is 0 Å². The van der Waals surface area contributed by atoms with Gasteiger partial charge in [-0.25, -0.2) is 0 Å². The van der Waals surface area contributed by atoms with E-state index in [1.165, 1.54) is 49.0 Å². The second kappa shape index (κ2) is 8.82. The predicted octanol–water partition coefficient (Wildman–Crippen LogP) is 12.3. The molecule has 0 bridgehead atoms. The lowest BCUT2D eigenvalue weighted by Crippen LogP contribution is -1.91. The molecule has 0 amide bonds. The van der Waals surface area contributed by atoms with Crippen LogP contribution in [0.1, 0.15) is 0 Å². The van der Waals surface area contributed by atoms with Crippen molar-refractivity contribution in [3.05, 3.63) is 146 Å². The van der Waals surface area contributed by atoms with E-state index in [9.17, 15) is 0 Å². The van der Waals surface area contributed by atoms with Gasteiger partial charge in [0, 0.05) is 21.5 Å². The van der Waals surface area contributed by atoms with Crippen LogP contribution in [0.15, 0.2) is 154 Å². The first kappa shape index (κ1) is 23.7. The van der Waals surface area contributed by atoms with Gasteiger partial charge in [0.25, 0.3) is 0 Å². The number of furan rings is 2. The Hall–Kier alpha value is -5.86. The van der Waals surface area contributed by atoms with Crippen LogP contribution in [0.5, 0.6) is 0 Å². The van der Waals surface area contributed by atoms with E-state index < -0.39 is 0 Å². The van der Waals surface area contributed by atoms with E-state index in [-0.39, 0.29) is 0 Å². The number of fused-ring (bicyclic) bond motifs is 10. The van der Waals surface area contributed by atoms with Gasteiger partial charge in [-0.2, -0.15) is 0 Å². The molecule has 0 unspecified atom stereocenters. The second-order valence-corrected chi connectivity index (χ2v) is 11.6. The van der Waals surface area contributed by atoms with Gasteiger partial charge in [0.1, 0.15) is 22.3 Å². The van der Waals surface area contributed by atoms with Crippen molar-refractivity contribution >= 4 is 76.2 Å². The van der Waals surface area contributed by atoms with E-state index in [2.05, 4.69) is 121 Å². The molecule has 0 spiro atoms. The number of hydrogen-bond donors (Lipinski definition) is 0. The van der Waals surface area contributed by atoms with E-state index in [1.807, 2.05) is 24.3 Å². The third-order valence-electron chi connectivity index (χ3n) is 9.26. The van der Waals surface area contributed by atoms with Gasteiger partial charge in [0.05, 0.1) is 0 Å². The fourth-order valence-electron chi connectivity index (χ4n) is 7.41. The molecule has 10 rings (SSSR count). The van der Waals surface area contributed by atoms with Gasteiger partial charge >= 0.3 is 0 Å². The van der Waals surface area contributed by atoms with Crippen molar-refractivity contribution in [2.45, 2.75) is 0 Å². The van der Waals surface area contributed by atoms with Gasteiger partial charge in [-0.15, -0.1) is 0 Å². The maximum Gasteiger partial charge on any atom is 0.136 e. The Balaban J connectivity index is 1.29. The number of hydrogen-bond acceptors (Lipinski definition) is 2. The third kappa shape index (κ3) is 3.20. The highest BCUT2D eigenvalue weighted by Crippen LogP contribution is 2.47. The molecule has 44 heavy (non-hydrogen) atoms. The largest absolute Gasteiger partial charge is 0.456 e. The van der Waals surface area contributed by atoms with E-state index in [0.717, 1.165) is 49.4 Å². The van der Waals surface area contributed by atoms with Gasteiger partial charge in [0.2, 0.25) is 0 Å². The molecule has 0 fully saturated rings. The highest BCUT2D eigenvalue weighted by Gasteiger charge is 2.20. The molecular weight excluding hydrogens is 536 g/mol. The summed E-state index contributed by atoms with van der Waals surface area (Å²) in [5.74, 6) is 0. The fourth-order valence-corrected chi connectivity index (χ4v) is 7.41. The zero-order valence-electron chi connectivity index (χ0n) is 23.7. The first-order valence-electron chi connectivity index (χ1n) is 15.0. The van der Waals surface area contributed by atoms with Crippen LogP contribution in [0.2, 0.25) is 0 Å². The van der Waals surface area contributed by atoms with Crippen molar-refractivity contribution in [2.75, 3.05) is 0 Å². The van der Waals surface area contributed by atoms with Gasteiger partial charge in [-0.1, -0.05) is 115 Å². The highest BCUT2D eigenvalue weighted by molar-refractivity contribution is 6.27. The molecule has 0 saturated heterocycles. The van der Waals surface area contributed by atoms with E-state index in [0.29, 0.717) is 0 Å². The molecule has 0 N–H and O–H groups in total. The van der Waals surface area contributed by atoms with Gasteiger partial charge in [-0.05, 0) is 84.9 Å². The summed E-state index contributed by atoms with van der Waals surface area (Å²) in [5.41, 5.74) is 8.42. The quantitative estimate of drug-likeness (QED) is 0.197. The predicted molar refractivity (Wildman–Crippen MR) is 184 cm³/mol. The summed E-state index contributed by atoms with van der Waals surface area (Å²) < 4.78 is 12.8. The minimum absolute atomic E-state index is 0.872. The average molecular weight is 561 g/mol. The van der Waals surface area contributed by atoms with Gasteiger partial charge in [0.15, 0.2) is 0 Å². The number of benzene rings is 8. The summed E-state index contributed by atoms with van der Waals surface area (Å²) in [6, 6.07) is 51.9. The molecule has 0 aliphatic heterocycles. The maximum absolute atomic E-state index is 6.56. The summed E-state index contributed by atoms with van der Waals surface area (Å²) in [5, 5.41) is 11.9. The lowest BCUT2D eigenvalue weighted by Gasteiger charge is -2.18. The van der Waals surface area contributed by atoms with E-state index in [4.69, 9.17) is 8.83 Å². The normalized spacial score (nSPS) is 12.1. The molecule has 8 aromatic carbocycles. The Morgan fingerprint density at radius 1 is 0.318 bits per heavy atom. The van der Waals surface area contributed by atoms with Crippen LogP contribution in [0.4, 0.5) is 0 Å². The molecule has 2 aromatic heterocycles. The van der Waals surface area contributed by atoms with Gasteiger partial charge in [-0.3, -0.25) is 0 Å². The average Bonchev–Trinajstić information content (AvgIpc) is 3.64. The van der Waals surface area contributed by atoms with Crippen molar-refractivity contribution in [1.29, 1.82) is 0 Å². The molecule has 0 saturated carbocycles. The topological polar surface area (TPSA) is 26.3 Å². The lowest BCUT2D eigenvalue weighted by molar-refractivity contribution is 0.663. The van der Waals surface area contributed by atoms with Crippen molar-refractivity contribution in [1.82, 2.24) is 0 Å². The molecule has 204 valence electrons. The van der Waals surface area contributed by atoms with Crippen LogP contribution in [0.25, 0.3) is 98.4 Å². The molecular formula is C42H24O2. The molecule has 0 atom stereocenters. The van der Waals surface area contributed by atoms with Crippen LogP contribution >= 0.6 is 0 Å². The maximum atomic E-state index is 6.56.